The molecule has 0 aromatic carbocycles. The minimum Gasteiger partial charge on any atom is -0.309 e. The number of H-pyrrole nitrogens is 1. The van der Waals surface area contributed by atoms with Crippen molar-refractivity contribution in [2.75, 3.05) is 13.1 Å². The van der Waals surface area contributed by atoms with Gasteiger partial charge in [0.15, 0.2) is 0 Å². The normalized spacial score (nSPS) is 14.0. The summed E-state index contributed by atoms with van der Waals surface area (Å²) in [5.41, 5.74) is 2.39. The summed E-state index contributed by atoms with van der Waals surface area (Å²) < 4.78 is 0. The van der Waals surface area contributed by atoms with Crippen LogP contribution >= 0.6 is 11.3 Å². The summed E-state index contributed by atoms with van der Waals surface area (Å²) in [6.07, 6.45) is 3.29. The lowest BCUT2D eigenvalue weighted by Crippen LogP contribution is -2.27. The third-order valence-corrected chi connectivity index (χ3v) is 5.12. The fourth-order valence-electron chi connectivity index (χ4n) is 2.99. The Morgan fingerprint density at radius 2 is 2.29 bits per heavy atom. The van der Waals surface area contributed by atoms with E-state index in [9.17, 15) is 4.79 Å². The number of aryl methyl sites for hydroxylation is 2. The number of hydrogen-bond donors (Lipinski definition) is 1. The average Bonchev–Trinajstić information content (AvgIpc) is 2.96. The Hall–Kier alpha value is -1.46. The molecule has 0 saturated carbocycles. The lowest BCUT2D eigenvalue weighted by molar-refractivity contribution is 0.297. The molecule has 3 rings (SSSR count). The molecule has 1 aliphatic carbocycles. The Bertz CT molecular complexity index is 744. The monoisotopic (exact) mass is 303 g/mol. The molecule has 112 valence electrons. The molecule has 0 spiro atoms. The van der Waals surface area contributed by atoms with Crippen molar-refractivity contribution in [3.63, 3.8) is 0 Å². The highest BCUT2D eigenvalue weighted by atomic mass is 32.1. The van der Waals surface area contributed by atoms with Crippen molar-refractivity contribution in [3.8, 4) is 0 Å². The number of rotatable bonds is 5. The molecule has 2 heterocycles. The third-order valence-electron chi connectivity index (χ3n) is 3.94. The Labute approximate surface area is 128 Å². The molecule has 0 saturated heterocycles. The summed E-state index contributed by atoms with van der Waals surface area (Å²) in [7, 11) is 0. The number of aromatic nitrogens is 2. The molecule has 1 aliphatic rings. The summed E-state index contributed by atoms with van der Waals surface area (Å²) in [6, 6.07) is 0. The molecule has 1 N–H and O–H groups in total. The number of fused-ring (bicyclic) bond motifs is 3. The van der Waals surface area contributed by atoms with Crippen LogP contribution in [0.25, 0.3) is 10.2 Å². The van der Waals surface area contributed by atoms with E-state index < -0.39 is 0 Å². The maximum Gasteiger partial charge on any atom is 0.259 e. The number of aromatic amines is 1. The van der Waals surface area contributed by atoms with E-state index in [1.54, 1.807) is 11.3 Å². The number of thiophene rings is 1. The van der Waals surface area contributed by atoms with Crippen LogP contribution in [0.1, 0.15) is 36.5 Å². The van der Waals surface area contributed by atoms with Crippen molar-refractivity contribution in [1.82, 2.24) is 14.9 Å². The number of nitrogens with zero attached hydrogens (tertiary/aromatic N) is 2. The minimum atomic E-state index is 0.0285. The van der Waals surface area contributed by atoms with Crippen molar-refractivity contribution in [3.05, 3.63) is 38.8 Å². The Morgan fingerprint density at radius 3 is 3.00 bits per heavy atom. The zero-order chi connectivity index (χ0) is 15.0. The number of nitrogens with one attached hydrogen (secondary N) is 1. The number of likely N-dealkylation sites (N-methyl/N-ethyl adjacent to an activating group) is 1. The van der Waals surface area contributed by atoms with Crippen LogP contribution in [0.15, 0.2) is 16.9 Å². The molecule has 0 radical (unpaired) electrons. The summed E-state index contributed by atoms with van der Waals surface area (Å²) in [5.74, 6) is 0.760. The predicted octanol–water partition coefficient (Wildman–Crippen LogP) is 2.87. The van der Waals surface area contributed by atoms with Gasteiger partial charge >= 0.3 is 0 Å². The van der Waals surface area contributed by atoms with E-state index in [0.29, 0.717) is 6.54 Å². The van der Waals surface area contributed by atoms with Crippen LogP contribution in [0.4, 0.5) is 0 Å². The molecule has 5 heteroatoms. The van der Waals surface area contributed by atoms with Gasteiger partial charge in [0.25, 0.3) is 5.56 Å². The first-order valence-electron chi connectivity index (χ1n) is 7.48. The average molecular weight is 303 g/mol. The van der Waals surface area contributed by atoms with Gasteiger partial charge in [-0.25, -0.2) is 4.98 Å². The molecule has 0 atom stereocenters. The molecule has 21 heavy (non-hydrogen) atoms. The van der Waals surface area contributed by atoms with Crippen molar-refractivity contribution >= 4 is 21.6 Å². The Morgan fingerprint density at radius 1 is 1.48 bits per heavy atom. The van der Waals surface area contributed by atoms with Gasteiger partial charge in [0.05, 0.1) is 11.9 Å². The van der Waals surface area contributed by atoms with Crippen LogP contribution in [0.3, 0.4) is 0 Å². The lowest BCUT2D eigenvalue weighted by Gasteiger charge is -2.19. The molecule has 0 aliphatic heterocycles. The van der Waals surface area contributed by atoms with E-state index in [4.69, 9.17) is 0 Å². The highest BCUT2D eigenvalue weighted by Gasteiger charge is 2.21. The van der Waals surface area contributed by atoms with Gasteiger partial charge < -0.3 is 4.98 Å². The van der Waals surface area contributed by atoms with Crippen LogP contribution in [0.5, 0.6) is 0 Å². The molecular weight excluding hydrogens is 282 g/mol. The van der Waals surface area contributed by atoms with Crippen LogP contribution in [0, 0.1) is 0 Å². The summed E-state index contributed by atoms with van der Waals surface area (Å²) >= 11 is 1.70. The molecule has 0 unspecified atom stereocenters. The van der Waals surface area contributed by atoms with Crippen LogP contribution < -0.4 is 5.56 Å². The van der Waals surface area contributed by atoms with Gasteiger partial charge in [0.1, 0.15) is 10.7 Å². The molecule has 0 amide bonds. The van der Waals surface area contributed by atoms with Crippen molar-refractivity contribution in [2.45, 2.75) is 39.7 Å². The van der Waals surface area contributed by atoms with E-state index in [-0.39, 0.29) is 5.56 Å². The maximum atomic E-state index is 12.4. The first-order chi connectivity index (χ1) is 10.1. The molecular formula is C16H21N3OS. The summed E-state index contributed by atoms with van der Waals surface area (Å²) in [5, 5.41) is 0.833. The molecule has 4 nitrogen and oxygen atoms in total. The molecule has 2 aromatic heterocycles. The van der Waals surface area contributed by atoms with E-state index in [1.807, 2.05) is 6.92 Å². The first-order valence-corrected chi connectivity index (χ1v) is 8.30. The van der Waals surface area contributed by atoms with Gasteiger partial charge in [-0.15, -0.1) is 11.3 Å². The third kappa shape index (κ3) is 2.80. The zero-order valence-corrected chi connectivity index (χ0v) is 13.5. The second kappa shape index (κ2) is 5.73. The van der Waals surface area contributed by atoms with Crippen molar-refractivity contribution < 1.29 is 0 Å². The van der Waals surface area contributed by atoms with E-state index in [0.717, 1.165) is 47.5 Å². The smallest absolute Gasteiger partial charge is 0.259 e. The van der Waals surface area contributed by atoms with Crippen LogP contribution in [-0.4, -0.2) is 28.0 Å². The molecule has 0 bridgehead atoms. The second-order valence-electron chi connectivity index (χ2n) is 5.81. The van der Waals surface area contributed by atoms with Crippen molar-refractivity contribution in [2.24, 2.45) is 0 Å². The van der Waals surface area contributed by atoms with Gasteiger partial charge in [-0.05, 0) is 38.3 Å². The Balaban J connectivity index is 1.94. The van der Waals surface area contributed by atoms with Crippen LogP contribution in [-0.2, 0) is 19.4 Å². The predicted molar refractivity (Wildman–Crippen MR) is 88.0 cm³/mol. The highest BCUT2D eigenvalue weighted by Crippen LogP contribution is 2.34. The summed E-state index contributed by atoms with van der Waals surface area (Å²) in [6.45, 7) is 10.5. The topological polar surface area (TPSA) is 49.0 Å². The molecule has 2 aromatic rings. The molecule has 0 fully saturated rings. The fraction of sp³-hybridized carbons (Fsp3) is 0.500. The van der Waals surface area contributed by atoms with Gasteiger partial charge in [0.2, 0.25) is 0 Å². The summed E-state index contributed by atoms with van der Waals surface area (Å²) in [4.78, 5) is 24.5. The van der Waals surface area contributed by atoms with Gasteiger partial charge in [-0.2, -0.15) is 0 Å². The number of hydrogen-bond acceptors (Lipinski definition) is 4. The van der Waals surface area contributed by atoms with E-state index >= 15 is 0 Å². The fourth-order valence-corrected chi connectivity index (χ4v) is 4.28. The zero-order valence-electron chi connectivity index (χ0n) is 12.7. The van der Waals surface area contributed by atoms with Crippen LogP contribution in [0.2, 0.25) is 0 Å². The van der Waals surface area contributed by atoms with Crippen molar-refractivity contribution in [1.29, 1.82) is 0 Å². The van der Waals surface area contributed by atoms with Gasteiger partial charge in [-0.3, -0.25) is 9.69 Å². The largest absolute Gasteiger partial charge is 0.309 e. The quantitative estimate of drug-likeness (QED) is 0.864. The van der Waals surface area contributed by atoms with Gasteiger partial charge in [0, 0.05) is 11.4 Å². The maximum absolute atomic E-state index is 12.4. The SMILES string of the molecule is C=C(C)CN(CC)Cc1nc2sc3c(c2c(=O)[nH]1)CCC3. The standard InChI is InChI=1S/C16H21N3OS/c1-4-19(8-10(2)3)9-13-17-15(20)14-11-6-5-7-12(11)21-16(14)18-13/h2,4-9H2,1,3H3,(H,17,18,20). The van der Waals surface area contributed by atoms with Gasteiger partial charge in [-0.1, -0.05) is 19.1 Å². The minimum absolute atomic E-state index is 0.0285. The highest BCUT2D eigenvalue weighted by molar-refractivity contribution is 7.18. The lowest BCUT2D eigenvalue weighted by atomic mass is 10.2. The second-order valence-corrected chi connectivity index (χ2v) is 6.89. The van der Waals surface area contributed by atoms with E-state index in [1.165, 1.54) is 16.9 Å². The first kappa shape index (κ1) is 14.5. The Kier molecular flexibility index (Phi) is 3.95. The van der Waals surface area contributed by atoms with E-state index in [2.05, 4.69) is 28.4 Å².